The Morgan fingerprint density at radius 3 is 1.95 bits per heavy atom. The van der Waals surface area contributed by atoms with Crippen molar-refractivity contribution in [2.45, 2.75) is 128 Å². The first-order chi connectivity index (χ1) is 19.3. The van der Waals surface area contributed by atoms with Crippen LogP contribution in [0.2, 0.25) is 0 Å². The molecule has 41 heavy (non-hydrogen) atoms. The molecule has 0 heterocycles. The molecular weight excluding hydrogens is 532 g/mol. The van der Waals surface area contributed by atoms with Gasteiger partial charge in [0.2, 0.25) is 23.6 Å². The van der Waals surface area contributed by atoms with Crippen LogP contribution < -0.4 is 21.3 Å². The number of amides is 4. The average Bonchev–Trinajstić information content (AvgIpc) is 3.70. The van der Waals surface area contributed by atoms with Crippen LogP contribution in [0.4, 0.5) is 0 Å². The molecular formula is C29H48N4O8. The third kappa shape index (κ3) is 11.0. The van der Waals surface area contributed by atoms with Crippen LogP contribution in [0.3, 0.4) is 0 Å². The number of carbonyl (C=O) groups excluding carboxylic acids is 4. The Hall–Kier alpha value is -3.18. The first-order valence-electron chi connectivity index (χ1n) is 14.9. The minimum atomic E-state index is -1.29. The fraction of sp³-hybridized carbons (Fsp3) is 0.793. The fourth-order valence-corrected chi connectivity index (χ4v) is 5.24. The summed E-state index contributed by atoms with van der Waals surface area (Å²) < 4.78 is 0. The monoisotopic (exact) mass is 580 g/mol. The molecule has 0 aliphatic heterocycles. The average molecular weight is 581 g/mol. The van der Waals surface area contributed by atoms with E-state index in [0.29, 0.717) is 25.7 Å². The maximum Gasteiger partial charge on any atom is 0.329 e. The van der Waals surface area contributed by atoms with Gasteiger partial charge in [0.25, 0.3) is 0 Å². The summed E-state index contributed by atoms with van der Waals surface area (Å²) >= 11 is 0. The van der Waals surface area contributed by atoms with E-state index in [-0.39, 0.29) is 37.0 Å². The SMILES string of the molecule is CC[C@H](C)[C@H](NC(=O)[C@H](CC(C)C)NC(=O)CCC(=O)O)C(=O)N[C@@H](CC1CCCCC1)C(=O)NC1(C(=O)O)CC1. The molecule has 0 spiro atoms. The molecule has 2 aliphatic rings. The van der Waals surface area contributed by atoms with Crippen LogP contribution in [-0.4, -0.2) is 69.4 Å². The normalized spacial score (nSPS) is 19.2. The number of hydrogen-bond donors (Lipinski definition) is 6. The highest BCUT2D eigenvalue weighted by atomic mass is 16.4. The van der Waals surface area contributed by atoms with E-state index in [2.05, 4.69) is 21.3 Å². The van der Waals surface area contributed by atoms with Crippen LogP contribution >= 0.6 is 0 Å². The third-order valence-electron chi connectivity index (χ3n) is 8.17. The quantitative estimate of drug-likeness (QED) is 0.151. The number of rotatable bonds is 17. The highest BCUT2D eigenvalue weighted by Crippen LogP contribution is 2.36. The van der Waals surface area contributed by atoms with Crippen molar-refractivity contribution in [3.63, 3.8) is 0 Å². The predicted molar refractivity (Wildman–Crippen MR) is 151 cm³/mol. The van der Waals surface area contributed by atoms with Crippen molar-refractivity contribution < 1.29 is 39.0 Å². The van der Waals surface area contributed by atoms with E-state index < -0.39 is 59.2 Å². The topological polar surface area (TPSA) is 191 Å². The lowest BCUT2D eigenvalue weighted by molar-refractivity contribution is -0.144. The molecule has 2 saturated carbocycles. The first-order valence-corrected chi connectivity index (χ1v) is 14.9. The number of carboxylic acids is 2. The van der Waals surface area contributed by atoms with E-state index in [4.69, 9.17) is 5.11 Å². The van der Waals surface area contributed by atoms with Crippen molar-refractivity contribution >= 4 is 35.6 Å². The van der Waals surface area contributed by atoms with Gasteiger partial charge in [-0.2, -0.15) is 0 Å². The zero-order chi connectivity index (χ0) is 30.7. The fourth-order valence-electron chi connectivity index (χ4n) is 5.24. The van der Waals surface area contributed by atoms with Gasteiger partial charge >= 0.3 is 11.9 Å². The summed E-state index contributed by atoms with van der Waals surface area (Å²) in [6, 6.07) is -2.93. The second-order valence-corrected chi connectivity index (χ2v) is 12.2. The van der Waals surface area contributed by atoms with E-state index in [1.165, 1.54) is 0 Å². The first kappa shape index (κ1) is 34.0. The van der Waals surface area contributed by atoms with Gasteiger partial charge in [0, 0.05) is 6.42 Å². The van der Waals surface area contributed by atoms with Crippen LogP contribution in [0.15, 0.2) is 0 Å². The standard InChI is InChI=1S/C29H48N4O8/c1-5-18(4)24(32-25(37)20(15-17(2)3)30-22(34)11-12-23(35)36)27(39)31-21(16-19-9-7-6-8-10-19)26(38)33-29(13-14-29)28(40)41/h17-21,24H,5-16H2,1-4H3,(H,30,34)(H,31,39)(H,32,37)(H,33,38)(H,35,36)(H,40,41)/t18-,20-,21-,24-/m0/s1. The second kappa shape index (κ2) is 15.7. The Morgan fingerprint density at radius 1 is 0.805 bits per heavy atom. The van der Waals surface area contributed by atoms with Crippen molar-refractivity contribution in [1.29, 1.82) is 0 Å². The lowest BCUT2D eigenvalue weighted by atomic mass is 9.84. The van der Waals surface area contributed by atoms with E-state index >= 15 is 0 Å². The number of carbonyl (C=O) groups is 6. The zero-order valence-electron chi connectivity index (χ0n) is 24.8. The molecule has 6 N–H and O–H groups in total. The maximum atomic E-state index is 13.6. The Labute approximate surface area is 242 Å². The van der Waals surface area contributed by atoms with Gasteiger partial charge in [-0.1, -0.05) is 66.2 Å². The summed E-state index contributed by atoms with van der Waals surface area (Å²) in [5.41, 5.74) is -1.29. The van der Waals surface area contributed by atoms with Gasteiger partial charge in [-0.15, -0.1) is 0 Å². The highest BCUT2D eigenvalue weighted by Gasteiger charge is 2.52. The molecule has 0 aromatic carbocycles. The molecule has 0 aromatic rings. The number of nitrogens with one attached hydrogen (secondary N) is 4. The molecule has 0 aromatic heterocycles. The zero-order valence-corrected chi connectivity index (χ0v) is 24.8. The minimum absolute atomic E-state index is 0.0222. The van der Waals surface area contributed by atoms with Gasteiger partial charge in [-0.3, -0.25) is 24.0 Å². The van der Waals surface area contributed by atoms with Gasteiger partial charge in [0.1, 0.15) is 23.7 Å². The molecule has 0 bridgehead atoms. The van der Waals surface area contributed by atoms with Gasteiger partial charge in [0.05, 0.1) is 6.42 Å². The van der Waals surface area contributed by atoms with Crippen molar-refractivity contribution in [3.8, 4) is 0 Å². The molecule has 4 amide bonds. The summed E-state index contributed by atoms with van der Waals surface area (Å²) in [5.74, 6) is -4.53. The Morgan fingerprint density at radius 2 is 1.44 bits per heavy atom. The molecule has 0 unspecified atom stereocenters. The lowest BCUT2D eigenvalue weighted by Crippen LogP contribution is -2.60. The largest absolute Gasteiger partial charge is 0.481 e. The van der Waals surface area contributed by atoms with E-state index in [9.17, 15) is 33.9 Å². The molecule has 0 radical (unpaired) electrons. The number of hydrogen-bond acceptors (Lipinski definition) is 6. The van der Waals surface area contributed by atoms with Crippen LogP contribution in [0.1, 0.15) is 105 Å². The second-order valence-electron chi connectivity index (χ2n) is 12.2. The number of carboxylic acid groups (broad SMARTS) is 2. The van der Waals surface area contributed by atoms with Crippen molar-refractivity contribution in [2.75, 3.05) is 0 Å². The van der Waals surface area contributed by atoms with Gasteiger partial charge in [0.15, 0.2) is 0 Å². The highest BCUT2D eigenvalue weighted by molar-refractivity contribution is 5.96. The Balaban J connectivity index is 2.19. The lowest BCUT2D eigenvalue weighted by Gasteiger charge is -2.31. The Kier molecular flexibility index (Phi) is 13.0. The van der Waals surface area contributed by atoms with E-state index in [1.807, 2.05) is 20.8 Å². The van der Waals surface area contributed by atoms with Crippen LogP contribution in [0.25, 0.3) is 0 Å². The van der Waals surface area contributed by atoms with Gasteiger partial charge in [-0.05, 0) is 43.4 Å². The maximum absolute atomic E-state index is 13.6. The molecule has 12 nitrogen and oxygen atoms in total. The number of aliphatic carboxylic acids is 2. The molecule has 2 aliphatic carbocycles. The van der Waals surface area contributed by atoms with Crippen LogP contribution in [-0.2, 0) is 28.8 Å². The van der Waals surface area contributed by atoms with Crippen LogP contribution in [0.5, 0.6) is 0 Å². The minimum Gasteiger partial charge on any atom is -0.481 e. The van der Waals surface area contributed by atoms with E-state index in [0.717, 1.165) is 32.1 Å². The molecule has 12 heteroatoms. The van der Waals surface area contributed by atoms with E-state index in [1.54, 1.807) is 6.92 Å². The molecule has 232 valence electrons. The summed E-state index contributed by atoms with van der Waals surface area (Å²) in [6.45, 7) is 7.42. The molecule has 4 atom stereocenters. The smallest absolute Gasteiger partial charge is 0.329 e. The predicted octanol–water partition coefficient (Wildman–Crippen LogP) is 2.10. The summed E-state index contributed by atoms with van der Waals surface area (Å²) in [6.07, 6.45) is 6.26. The summed E-state index contributed by atoms with van der Waals surface area (Å²) in [5, 5.41) is 29.2. The third-order valence-corrected chi connectivity index (χ3v) is 8.17. The molecule has 0 saturated heterocycles. The molecule has 2 rings (SSSR count). The van der Waals surface area contributed by atoms with Crippen molar-refractivity contribution in [3.05, 3.63) is 0 Å². The van der Waals surface area contributed by atoms with Gasteiger partial charge in [-0.25, -0.2) is 4.79 Å². The summed E-state index contributed by atoms with van der Waals surface area (Å²) in [7, 11) is 0. The van der Waals surface area contributed by atoms with Crippen molar-refractivity contribution in [1.82, 2.24) is 21.3 Å². The van der Waals surface area contributed by atoms with Crippen molar-refractivity contribution in [2.24, 2.45) is 17.8 Å². The molecule has 2 fully saturated rings. The van der Waals surface area contributed by atoms with Gasteiger partial charge < -0.3 is 31.5 Å². The summed E-state index contributed by atoms with van der Waals surface area (Å²) in [4.78, 5) is 75.1. The Bertz CT molecular complexity index is 958. The van der Waals surface area contributed by atoms with Crippen LogP contribution in [0, 0.1) is 17.8 Å².